The molecule has 25 heavy (non-hydrogen) atoms. The normalized spacial score (nSPS) is 10.8. The number of hydrogen-bond donors (Lipinski definition) is 1. The first-order valence-corrected chi connectivity index (χ1v) is 8.14. The number of fused-ring (bicyclic) bond motifs is 1. The minimum absolute atomic E-state index is 0. The zero-order valence-corrected chi connectivity index (χ0v) is 15.4. The number of rotatable bonds is 7. The van der Waals surface area contributed by atoms with Crippen molar-refractivity contribution in [3.8, 4) is 11.6 Å². The third kappa shape index (κ3) is 4.87. The smallest absolute Gasteiger partial charge is 0.240 e. The molecule has 5 nitrogen and oxygen atoms in total. The van der Waals surface area contributed by atoms with E-state index in [0.717, 1.165) is 23.9 Å². The number of aromatic hydroxyl groups is 1. The van der Waals surface area contributed by atoms with Crippen molar-refractivity contribution in [2.45, 2.75) is 13.0 Å². The molecule has 0 aliphatic rings. The summed E-state index contributed by atoms with van der Waals surface area (Å²) in [5.74, 6) is 0.801. The van der Waals surface area contributed by atoms with Crippen LogP contribution in [0, 0.1) is 0 Å². The predicted molar refractivity (Wildman–Crippen MR) is 103 cm³/mol. The number of benzene rings is 2. The lowest BCUT2D eigenvalue weighted by molar-refractivity contribution is 0.273. The molecule has 0 bridgehead atoms. The van der Waals surface area contributed by atoms with Gasteiger partial charge in [-0.15, -0.1) is 17.5 Å². The maximum Gasteiger partial charge on any atom is 0.240 e. The highest BCUT2D eigenvalue weighted by atomic mass is 35.5. The molecule has 0 aliphatic carbocycles. The summed E-state index contributed by atoms with van der Waals surface area (Å²) in [6.07, 6.45) is 0.929. The Kier molecular flexibility index (Phi) is 6.67. The Labute approximate surface area is 154 Å². The Morgan fingerprint density at radius 1 is 1.12 bits per heavy atom. The van der Waals surface area contributed by atoms with Gasteiger partial charge in [0.1, 0.15) is 5.75 Å². The molecule has 0 radical (unpaired) electrons. The zero-order chi connectivity index (χ0) is 16.9. The van der Waals surface area contributed by atoms with Crippen LogP contribution in [-0.2, 0) is 6.54 Å². The zero-order valence-electron chi connectivity index (χ0n) is 14.6. The van der Waals surface area contributed by atoms with Crippen molar-refractivity contribution in [3.63, 3.8) is 0 Å². The van der Waals surface area contributed by atoms with Gasteiger partial charge >= 0.3 is 0 Å². The quantitative estimate of drug-likeness (QED) is 0.654. The van der Waals surface area contributed by atoms with Crippen molar-refractivity contribution in [2.75, 3.05) is 27.2 Å². The first-order valence-electron chi connectivity index (χ1n) is 8.14. The summed E-state index contributed by atoms with van der Waals surface area (Å²) in [5.41, 5.74) is 2.13. The highest BCUT2D eigenvalue weighted by molar-refractivity contribution is 5.86. The largest absolute Gasteiger partial charge is 0.508 e. The minimum atomic E-state index is 0. The van der Waals surface area contributed by atoms with Crippen molar-refractivity contribution in [3.05, 3.63) is 54.1 Å². The molecule has 3 aromatic rings. The van der Waals surface area contributed by atoms with E-state index in [1.807, 2.05) is 43.0 Å². The van der Waals surface area contributed by atoms with E-state index in [2.05, 4.69) is 22.1 Å². The van der Waals surface area contributed by atoms with E-state index in [4.69, 9.17) is 4.74 Å². The molecule has 1 heterocycles. The standard InChI is InChI=1S/C19H23N3O2.ClH/c1-21(2)11-6-12-24-19-17-13-16(23)9-10-18(17)22(20-19)14-15-7-4-3-5-8-15;/h3-5,7-10,13,23H,6,11-12,14H2,1-2H3;1H. The lowest BCUT2D eigenvalue weighted by Gasteiger charge is -2.09. The molecule has 0 atom stereocenters. The number of phenols is 1. The average molecular weight is 362 g/mol. The van der Waals surface area contributed by atoms with Gasteiger partial charge in [0.25, 0.3) is 0 Å². The van der Waals surface area contributed by atoms with Gasteiger partial charge in [0.2, 0.25) is 5.88 Å². The van der Waals surface area contributed by atoms with Gasteiger partial charge in [0.05, 0.1) is 24.1 Å². The van der Waals surface area contributed by atoms with E-state index < -0.39 is 0 Å². The van der Waals surface area contributed by atoms with Crippen molar-refractivity contribution < 1.29 is 9.84 Å². The molecule has 0 fully saturated rings. The molecule has 0 aliphatic heterocycles. The highest BCUT2D eigenvalue weighted by Crippen LogP contribution is 2.29. The molecule has 0 saturated heterocycles. The third-order valence-electron chi connectivity index (χ3n) is 3.86. The van der Waals surface area contributed by atoms with Crippen LogP contribution in [0.4, 0.5) is 0 Å². The summed E-state index contributed by atoms with van der Waals surface area (Å²) in [5, 5.41) is 15.3. The van der Waals surface area contributed by atoms with E-state index in [9.17, 15) is 5.11 Å². The van der Waals surface area contributed by atoms with Crippen molar-refractivity contribution in [2.24, 2.45) is 0 Å². The molecule has 2 aromatic carbocycles. The van der Waals surface area contributed by atoms with Crippen LogP contribution in [0.25, 0.3) is 10.9 Å². The van der Waals surface area contributed by atoms with Gasteiger partial charge < -0.3 is 14.7 Å². The molecular formula is C19H24ClN3O2. The number of phenolic OH excluding ortho intramolecular Hbond substituents is 1. The van der Waals surface area contributed by atoms with Crippen LogP contribution in [0.15, 0.2) is 48.5 Å². The molecule has 0 unspecified atom stereocenters. The Morgan fingerprint density at radius 2 is 1.88 bits per heavy atom. The molecular weight excluding hydrogens is 338 g/mol. The molecule has 0 amide bonds. The maximum absolute atomic E-state index is 9.80. The predicted octanol–water partition coefficient (Wildman–Crippen LogP) is 3.54. The summed E-state index contributed by atoms with van der Waals surface area (Å²) >= 11 is 0. The molecule has 0 saturated carbocycles. The van der Waals surface area contributed by atoms with Crippen LogP contribution >= 0.6 is 12.4 Å². The van der Waals surface area contributed by atoms with E-state index in [1.165, 1.54) is 5.56 Å². The summed E-state index contributed by atoms with van der Waals surface area (Å²) in [4.78, 5) is 2.13. The second-order valence-corrected chi connectivity index (χ2v) is 6.16. The van der Waals surface area contributed by atoms with E-state index in [0.29, 0.717) is 19.0 Å². The molecule has 6 heteroatoms. The summed E-state index contributed by atoms with van der Waals surface area (Å²) in [7, 11) is 4.09. The lowest BCUT2D eigenvalue weighted by Crippen LogP contribution is -2.15. The van der Waals surface area contributed by atoms with E-state index >= 15 is 0 Å². The molecule has 1 aromatic heterocycles. The average Bonchev–Trinajstić information content (AvgIpc) is 2.89. The van der Waals surface area contributed by atoms with Gasteiger partial charge in [-0.3, -0.25) is 4.68 Å². The number of halogens is 1. The summed E-state index contributed by atoms with van der Waals surface area (Å²) < 4.78 is 7.80. The molecule has 1 N–H and O–H groups in total. The van der Waals surface area contributed by atoms with Gasteiger partial charge in [0.15, 0.2) is 0 Å². The fraction of sp³-hybridized carbons (Fsp3) is 0.316. The van der Waals surface area contributed by atoms with Gasteiger partial charge in [0, 0.05) is 6.54 Å². The molecule has 0 spiro atoms. The lowest BCUT2D eigenvalue weighted by atomic mass is 10.2. The van der Waals surface area contributed by atoms with Crippen LogP contribution in [0.3, 0.4) is 0 Å². The summed E-state index contributed by atoms with van der Waals surface area (Å²) in [6, 6.07) is 15.5. The van der Waals surface area contributed by atoms with Crippen LogP contribution in [0.5, 0.6) is 11.6 Å². The first-order chi connectivity index (χ1) is 11.6. The van der Waals surface area contributed by atoms with Crippen LogP contribution in [0.1, 0.15) is 12.0 Å². The van der Waals surface area contributed by atoms with Crippen LogP contribution in [-0.4, -0.2) is 47.0 Å². The fourth-order valence-electron chi connectivity index (χ4n) is 2.67. The Morgan fingerprint density at radius 3 is 2.60 bits per heavy atom. The topological polar surface area (TPSA) is 50.5 Å². The Balaban J connectivity index is 0.00000225. The second-order valence-electron chi connectivity index (χ2n) is 6.16. The van der Waals surface area contributed by atoms with E-state index in [-0.39, 0.29) is 18.2 Å². The fourth-order valence-corrected chi connectivity index (χ4v) is 2.67. The number of hydrogen-bond acceptors (Lipinski definition) is 4. The minimum Gasteiger partial charge on any atom is -0.508 e. The Hall–Kier alpha value is -2.24. The first kappa shape index (κ1) is 19.1. The van der Waals surface area contributed by atoms with Crippen LogP contribution < -0.4 is 4.74 Å². The van der Waals surface area contributed by atoms with Gasteiger partial charge in [-0.25, -0.2) is 0 Å². The third-order valence-corrected chi connectivity index (χ3v) is 3.86. The van der Waals surface area contributed by atoms with Gasteiger partial charge in [-0.05, 0) is 44.3 Å². The maximum atomic E-state index is 9.80. The van der Waals surface area contributed by atoms with Gasteiger partial charge in [-0.2, -0.15) is 0 Å². The molecule has 134 valence electrons. The van der Waals surface area contributed by atoms with Crippen molar-refractivity contribution >= 4 is 23.3 Å². The Bertz CT molecular complexity index is 803. The number of aromatic nitrogens is 2. The number of ether oxygens (including phenoxy) is 1. The monoisotopic (exact) mass is 361 g/mol. The van der Waals surface area contributed by atoms with Gasteiger partial charge in [-0.1, -0.05) is 30.3 Å². The van der Waals surface area contributed by atoms with Crippen LogP contribution in [0.2, 0.25) is 0 Å². The van der Waals surface area contributed by atoms with Crippen molar-refractivity contribution in [1.29, 1.82) is 0 Å². The van der Waals surface area contributed by atoms with Crippen molar-refractivity contribution in [1.82, 2.24) is 14.7 Å². The molecule has 3 rings (SSSR count). The number of nitrogens with zero attached hydrogens (tertiary/aromatic N) is 3. The van der Waals surface area contributed by atoms with E-state index in [1.54, 1.807) is 12.1 Å². The second kappa shape index (κ2) is 8.74. The highest BCUT2D eigenvalue weighted by Gasteiger charge is 2.13. The SMILES string of the molecule is CN(C)CCCOc1nn(Cc2ccccc2)c2ccc(O)cc12.Cl. The summed E-state index contributed by atoms with van der Waals surface area (Å²) in [6.45, 7) is 2.24.